The molecule has 1 fully saturated rings. The molecule has 1 atom stereocenters. The zero-order chi connectivity index (χ0) is 12.9. The molecule has 1 nitrogen and oxygen atoms in total. The minimum absolute atomic E-state index is 0.511. The molecule has 1 unspecified atom stereocenters. The highest BCUT2D eigenvalue weighted by Crippen LogP contribution is 2.37. The molecule has 0 spiro atoms. The van der Waals surface area contributed by atoms with Gasteiger partial charge in [-0.05, 0) is 61.5 Å². The van der Waals surface area contributed by atoms with Crippen molar-refractivity contribution in [2.24, 2.45) is 17.3 Å². The van der Waals surface area contributed by atoms with Crippen molar-refractivity contribution in [3.05, 3.63) is 0 Å². The fourth-order valence-corrected chi connectivity index (χ4v) is 3.56. The lowest BCUT2D eigenvalue weighted by molar-refractivity contribution is 0.159. The molecule has 1 saturated carbocycles. The summed E-state index contributed by atoms with van der Waals surface area (Å²) in [5, 5.41) is 3.76. The maximum Gasteiger partial charge on any atom is 0.00673 e. The highest BCUT2D eigenvalue weighted by atomic mass is 32.2. The zero-order valence-corrected chi connectivity index (χ0v) is 13.2. The van der Waals surface area contributed by atoms with Crippen LogP contribution >= 0.6 is 11.8 Å². The van der Waals surface area contributed by atoms with Crippen molar-refractivity contribution in [2.75, 3.05) is 18.6 Å². The van der Waals surface area contributed by atoms with Crippen molar-refractivity contribution >= 4 is 11.8 Å². The molecule has 0 aliphatic heterocycles. The number of hydrogen-bond donors (Lipinski definition) is 1. The summed E-state index contributed by atoms with van der Waals surface area (Å²) in [4.78, 5) is 0. The molecule has 0 saturated heterocycles. The summed E-state index contributed by atoms with van der Waals surface area (Å²) >= 11 is 1.96. The van der Waals surface area contributed by atoms with Gasteiger partial charge >= 0.3 is 0 Å². The fraction of sp³-hybridized carbons (Fsp3) is 1.00. The van der Waals surface area contributed by atoms with Crippen LogP contribution in [0.2, 0.25) is 0 Å². The minimum atomic E-state index is 0.511. The molecule has 0 aromatic heterocycles. The SMILES string of the molecule is CSCC(C)CNC1CCC(C(C)(C)C)CC1. The van der Waals surface area contributed by atoms with E-state index >= 15 is 0 Å². The Bertz CT molecular complexity index is 201. The Morgan fingerprint density at radius 2 is 1.76 bits per heavy atom. The van der Waals surface area contributed by atoms with Crippen LogP contribution in [-0.4, -0.2) is 24.6 Å². The molecule has 0 radical (unpaired) electrons. The van der Waals surface area contributed by atoms with Gasteiger partial charge in [-0.1, -0.05) is 27.7 Å². The van der Waals surface area contributed by atoms with Gasteiger partial charge in [-0.3, -0.25) is 0 Å². The van der Waals surface area contributed by atoms with Crippen LogP contribution in [-0.2, 0) is 0 Å². The summed E-state index contributed by atoms with van der Waals surface area (Å²) in [5.41, 5.74) is 0.511. The average molecular weight is 257 g/mol. The van der Waals surface area contributed by atoms with Gasteiger partial charge < -0.3 is 5.32 Å². The van der Waals surface area contributed by atoms with E-state index in [9.17, 15) is 0 Å². The van der Waals surface area contributed by atoms with E-state index in [2.05, 4.69) is 39.3 Å². The number of rotatable bonds is 5. The maximum absolute atomic E-state index is 3.76. The highest BCUT2D eigenvalue weighted by Gasteiger charge is 2.29. The Labute approximate surface area is 113 Å². The Hall–Kier alpha value is 0.310. The number of hydrogen-bond acceptors (Lipinski definition) is 2. The van der Waals surface area contributed by atoms with E-state index in [1.54, 1.807) is 0 Å². The van der Waals surface area contributed by atoms with Crippen LogP contribution in [0.5, 0.6) is 0 Å². The molecule has 1 aliphatic rings. The van der Waals surface area contributed by atoms with Gasteiger partial charge in [0, 0.05) is 6.04 Å². The molecule has 0 aromatic carbocycles. The molecular formula is C15H31NS. The average Bonchev–Trinajstić information content (AvgIpc) is 2.26. The molecule has 0 aromatic rings. The summed E-state index contributed by atoms with van der Waals surface area (Å²) in [6.07, 6.45) is 7.79. The van der Waals surface area contributed by atoms with Crippen LogP contribution in [0.3, 0.4) is 0 Å². The lowest BCUT2D eigenvalue weighted by atomic mass is 9.71. The van der Waals surface area contributed by atoms with Crippen LogP contribution in [0, 0.1) is 17.3 Å². The number of thioether (sulfide) groups is 1. The predicted molar refractivity (Wildman–Crippen MR) is 80.7 cm³/mol. The summed E-state index contributed by atoms with van der Waals surface area (Å²) in [6, 6.07) is 0.790. The van der Waals surface area contributed by atoms with Crippen molar-refractivity contribution < 1.29 is 0 Å². The summed E-state index contributed by atoms with van der Waals surface area (Å²) < 4.78 is 0. The summed E-state index contributed by atoms with van der Waals surface area (Å²) in [5.74, 6) is 3.03. The van der Waals surface area contributed by atoms with Crippen molar-refractivity contribution in [3.63, 3.8) is 0 Å². The third-order valence-corrected chi connectivity index (χ3v) is 5.06. The van der Waals surface area contributed by atoms with E-state index in [-0.39, 0.29) is 0 Å². The standard InChI is InChI=1S/C15H31NS/c1-12(11-17-5)10-16-14-8-6-13(7-9-14)15(2,3)4/h12-14,16H,6-11H2,1-5H3. The second kappa shape index (κ2) is 7.04. The summed E-state index contributed by atoms with van der Waals surface area (Å²) in [6.45, 7) is 10.7. The first kappa shape index (κ1) is 15.4. The van der Waals surface area contributed by atoms with E-state index in [0.29, 0.717) is 5.41 Å². The van der Waals surface area contributed by atoms with E-state index in [0.717, 1.165) is 17.9 Å². The van der Waals surface area contributed by atoms with E-state index in [4.69, 9.17) is 0 Å². The smallest absolute Gasteiger partial charge is 0.00673 e. The fourth-order valence-electron chi connectivity index (χ4n) is 2.87. The number of nitrogens with one attached hydrogen (secondary N) is 1. The van der Waals surface area contributed by atoms with Crippen molar-refractivity contribution in [3.8, 4) is 0 Å². The second-order valence-electron chi connectivity index (χ2n) is 6.88. The molecule has 1 aliphatic carbocycles. The van der Waals surface area contributed by atoms with Gasteiger partial charge in [-0.25, -0.2) is 0 Å². The van der Waals surface area contributed by atoms with Crippen LogP contribution in [0.4, 0.5) is 0 Å². The molecule has 0 amide bonds. The molecule has 102 valence electrons. The first-order chi connectivity index (χ1) is 7.93. The Balaban J connectivity index is 2.19. The Morgan fingerprint density at radius 1 is 1.18 bits per heavy atom. The van der Waals surface area contributed by atoms with Crippen LogP contribution in [0.1, 0.15) is 53.4 Å². The van der Waals surface area contributed by atoms with Gasteiger partial charge in [-0.15, -0.1) is 0 Å². The van der Waals surface area contributed by atoms with E-state index in [1.807, 2.05) is 11.8 Å². The van der Waals surface area contributed by atoms with Gasteiger partial charge in [0.15, 0.2) is 0 Å². The van der Waals surface area contributed by atoms with Gasteiger partial charge in [-0.2, -0.15) is 11.8 Å². The molecular weight excluding hydrogens is 226 g/mol. The van der Waals surface area contributed by atoms with Gasteiger partial charge in [0.1, 0.15) is 0 Å². The molecule has 1 N–H and O–H groups in total. The van der Waals surface area contributed by atoms with Gasteiger partial charge in [0.25, 0.3) is 0 Å². The lowest BCUT2D eigenvalue weighted by Crippen LogP contribution is -2.38. The quantitative estimate of drug-likeness (QED) is 0.793. The Morgan fingerprint density at radius 3 is 2.24 bits per heavy atom. The third kappa shape index (κ3) is 5.65. The van der Waals surface area contributed by atoms with Crippen molar-refractivity contribution in [2.45, 2.75) is 59.4 Å². The molecule has 0 bridgehead atoms. The van der Waals surface area contributed by atoms with Gasteiger partial charge in [0.05, 0.1) is 0 Å². The summed E-state index contributed by atoms with van der Waals surface area (Å²) in [7, 11) is 0. The first-order valence-electron chi connectivity index (χ1n) is 7.15. The zero-order valence-electron chi connectivity index (χ0n) is 12.4. The highest BCUT2D eigenvalue weighted by molar-refractivity contribution is 7.98. The van der Waals surface area contributed by atoms with Crippen LogP contribution < -0.4 is 5.32 Å². The Kier molecular flexibility index (Phi) is 6.36. The largest absolute Gasteiger partial charge is 0.314 e. The predicted octanol–water partition coefficient (Wildman–Crippen LogP) is 4.18. The normalized spacial score (nSPS) is 28.1. The minimum Gasteiger partial charge on any atom is -0.314 e. The van der Waals surface area contributed by atoms with Crippen molar-refractivity contribution in [1.29, 1.82) is 0 Å². The first-order valence-corrected chi connectivity index (χ1v) is 8.55. The van der Waals surface area contributed by atoms with Gasteiger partial charge in [0.2, 0.25) is 0 Å². The molecule has 1 rings (SSSR count). The second-order valence-corrected chi connectivity index (χ2v) is 7.79. The molecule has 0 heterocycles. The van der Waals surface area contributed by atoms with Crippen molar-refractivity contribution in [1.82, 2.24) is 5.32 Å². The van der Waals surface area contributed by atoms with E-state index < -0.39 is 0 Å². The third-order valence-electron chi connectivity index (χ3n) is 4.16. The van der Waals surface area contributed by atoms with Crippen LogP contribution in [0.15, 0.2) is 0 Å². The lowest BCUT2D eigenvalue weighted by Gasteiger charge is -2.37. The van der Waals surface area contributed by atoms with Crippen LogP contribution in [0.25, 0.3) is 0 Å². The molecule has 2 heteroatoms. The molecule has 17 heavy (non-hydrogen) atoms. The maximum atomic E-state index is 3.76. The van der Waals surface area contributed by atoms with E-state index in [1.165, 1.54) is 38.0 Å². The monoisotopic (exact) mass is 257 g/mol. The topological polar surface area (TPSA) is 12.0 Å².